The standard InChI is InChI=1S/C19H26N4O2/c1-5-17(23-10-6-7-11-23)19(25)20-15-8-9-16(14(2)12-15)21-18(24)13-22(3)4/h6-12,17H,5,13H2,1-4H3,(H,20,25)(H,21,24). The van der Waals surface area contributed by atoms with Crippen LogP contribution in [0.15, 0.2) is 42.7 Å². The van der Waals surface area contributed by atoms with Crippen LogP contribution in [0, 0.1) is 6.92 Å². The lowest BCUT2D eigenvalue weighted by molar-refractivity contribution is -0.119. The topological polar surface area (TPSA) is 66.4 Å². The molecule has 0 fully saturated rings. The van der Waals surface area contributed by atoms with Crippen molar-refractivity contribution in [1.82, 2.24) is 9.47 Å². The molecule has 1 aromatic carbocycles. The van der Waals surface area contributed by atoms with Crippen LogP contribution in [0.3, 0.4) is 0 Å². The van der Waals surface area contributed by atoms with Crippen LogP contribution in [-0.4, -0.2) is 41.9 Å². The minimum Gasteiger partial charge on any atom is -0.342 e. The Morgan fingerprint density at radius 1 is 1.16 bits per heavy atom. The number of aromatic nitrogens is 1. The molecule has 2 amide bonds. The van der Waals surface area contributed by atoms with Gasteiger partial charge in [0.15, 0.2) is 0 Å². The van der Waals surface area contributed by atoms with E-state index in [9.17, 15) is 9.59 Å². The van der Waals surface area contributed by atoms with Gasteiger partial charge in [-0.15, -0.1) is 0 Å². The van der Waals surface area contributed by atoms with E-state index in [1.54, 1.807) is 6.07 Å². The molecule has 0 bridgehead atoms. The van der Waals surface area contributed by atoms with Gasteiger partial charge in [-0.1, -0.05) is 6.92 Å². The van der Waals surface area contributed by atoms with Gasteiger partial charge < -0.3 is 20.1 Å². The average Bonchev–Trinajstić information content (AvgIpc) is 3.04. The van der Waals surface area contributed by atoms with Gasteiger partial charge in [-0.2, -0.15) is 0 Å². The number of aryl methyl sites for hydroxylation is 1. The first kappa shape index (κ1) is 18.7. The van der Waals surface area contributed by atoms with Crippen LogP contribution in [0.5, 0.6) is 0 Å². The van der Waals surface area contributed by atoms with Crippen molar-refractivity contribution in [2.45, 2.75) is 26.3 Å². The molecule has 0 spiro atoms. The fourth-order valence-electron chi connectivity index (χ4n) is 2.67. The molecule has 0 saturated carbocycles. The quantitative estimate of drug-likeness (QED) is 0.813. The normalized spacial score (nSPS) is 12.0. The minimum absolute atomic E-state index is 0.0532. The van der Waals surface area contributed by atoms with Gasteiger partial charge in [0, 0.05) is 23.8 Å². The van der Waals surface area contributed by atoms with Crippen molar-refractivity contribution >= 4 is 23.2 Å². The molecule has 6 nitrogen and oxygen atoms in total. The van der Waals surface area contributed by atoms with Crippen LogP contribution >= 0.6 is 0 Å². The molecule has 6 heteroatoms. The largest absolute Gasteiger partial charge is 0.342 e. The highest BCUT2D eigenvalue weighted by atomic mass is 16.2. The summed E-state index contributed by atoms with van der Waals surface area (Å²) < 4.78 is 1.90. The number of hydrogen-bond donors (Lipinski definition) is 2. The zero-order valence-corrected chi connectivity index (χ0v) is 15.2. The maximum Gasteiger partial charge on any atom is 0.247 e. The fraction of sp³-hybridized carbons (Fsp3) is 0.368. The molecule has 0 radical (unpaired) electrons. The summed E-state index contributed by atoms with van der Waals surface area (Å²) in [4.78, 5) is 26.2. The zero-order valence-electron chi connectivity index (χ0n) is 15.2. The Bertz CT molecular complexity index is 723. The second-order valence-electron chi connectivity index (χ2n) is 6.36. The van der Waals surface area contributed by atoms with E-state index in [1.807, 2.05) is 74.1 Å². The summed E-state index contributed by atoms with van der Waals surface area (Å²) >= 11 is 0. The van der Waals surface area contributed by atoms with Crippen molar-refractivity contribution in [2.24, 2.45) is 0 Å². The van der Waals surface area contributed by atoms with E-state index in [0.29, 0.717) is 13.0 Å². The highest BCUT2D eigenvalue weighted by Gasteiger charge is 2.17. The summed E-state index contributed by atoms with van der Waals surface area (Å²) in [6.07, 6.45) is 4.49. The Kier molecular flexibility index (Phi) is 6.36. The van der Waals surface area contributed by atoms with Crippen LogP contribution in [0.4, 0.5) is 11.4 Å². The van der Waals surface area contributed by atoms with Crippen molar-refractivity contribution in [1.29, 1.82) is 0 Å². The number of carbonyl (C=O) groups excluding carboxylic acids is 2. The molecule has 1 unspecified atom stereocenters. The van der Waals surface area contributed by atoms with Gasteiger partial charge >= 0.3 is 0 Å². The van der Waals surface area contributed by atoms with Crippen LogP contribution in [0.2, 0.25) is 0 Å². The number of anilines is 2. The van der Waals surface area contributed by atoms with Crippen LogP contribution in [0.25, 0.3) is 0 Å². The predicted molar refractivity (Wildman–Crippen MR) is 101 cm³/mol. The van der Waals surface area contributed by atoms with E-state index in [0.717, 1.165) is 16.9 Å². The predicted octanol–water partition coefficient (Wildman–Crippen LogP) is 2.89. The molecule has 2 aromatic rings. The Morgan fingerprint density at radius 2 is 1.84 bits per heavy atom. The van der Waals surface area contributed by atoms with Gasteiger partial charge in [0.05, 0.1) is 6.54 Å². The SMILES string of the molecule is CCC(C(=O)Nc1ccc(NC(=O)CN(C)C)c(C)c1)n1cccc1. The molecular formula is C19H26N4O2. The van der Waals surface area contributed by atoms with Crippen LogP contribution in [-0.2, 0) is 9.59 Å². The third kappa shape index (κ3) is 5.19. The molecule has 2 N–H and O–H groups in total. The van der Waals surface area contributed by atoms with Crippen molar-refractivity contribution in [3.63, 3.8) is 0 Å². The van der Waals surface area contributed by atoms with Gasteiger partial charge in [0.25, 0.3) is 0 Å². The van der Waals surface area contributed by atoms with E-state index in [4.69, 9.17) is 0 Å². The molecule has 1 aromatic heterocycles. The molecular weight excluding hydrogens is 316 g/mol. The van der Waals surface area contributed by atoms with Gasteiger partial charge in [0.1, 0.15) is 6.04 Å². The van der Waals surface area contributed by atoms with E-state index >= 15 is 0 Å². The third-order valence-electron chi connectivity index (χ3n) is 3.90. The number of amides is 2. The molecule has 0 aliphatic rings. The summed E-state index contributed by atoms with van der Waals surface area (Å²) in [6, 6.07) is 9.06. The second-order valence-corrected chi connectivity index (χ2v) is 6.36. The first-order valence-electron chi connectivity index (χ1n) is 8.39. The highest BCUT2D eigenvalue weighted by molar-refractivity contribution is 5.95. The molecule has 1 atom stereocenters. The summed E-state index contributed by atoms with van der Waals surface area (Å²) in [7, 11) is 3.69. The lowest BCUT2D eigenvalue weighted by atomic mass is 10.1. The molecule has 1 heterocycles. The molecule has 0 saturated heterocycles. The zero-order chi connectivity index (χ0) is 18.4. The minimum atomic E-state index is -0.241. The second kappa shape index (κ2) is 8.48. The summed E-state index contributed by atoms with van der Waals surface area (Å²) in [5.41, 5.74) is 2.37. The van der Waals surface area contributed by atoms with Gasteiger partial charge in [-0.25, -0.2) is 0 Å². The summed E-state index contributed by atoms with van der Waals surface area (Å²) in [5.74, 6) is -0.119. The first-order chi connectivity index (χ1) is 11.9. The molecule has 0 aliphatic carbocycles. The number of likely N-dealkylation sites (N-methyl/N-ethyl adjacent to an activating group) is 1. The van der Waals surface area contributed by atoms with Gasteiger partial charge in [0.2, 0.25) is 11.8 Å². The molecule has 25 heavy (non-hydrogen) atoms. The average molecular weight is 342 g/mol. The summed E-state index contributed by atoms with van der Waals surface area (Å²) in [5, 5.41) is 5.84. The molecule has 134 valence electrons. The molecule has 0 aliphatic heterocycles. The molecule has 2 rings (SSSR count). The van der Waals surface area contributed by atoms with E-state index in [1.165, 1.54) is 0 Å². The number of benzene rings is 1. The van der Waals surface area contributed by atoms with E-state index in [-0.39, 0.29) is 17.9 Å². The number of nitrogens with zero attached hydrogens (tertiary/aromatic N) is 2. The third-order valence-corrected chi connectivity index (χ3v) is 3.90. The van der Waals surface area contributed by atoms with Crippen molar-refractivity contribution in [3.8, 4) is 0 Å². The fourth-order valence-corrected chi connectivity index (χ4v) is 2.67. The van der Waals surface area contributed by atoms with Crippen molar-refractivity contribution in [2.75, 3.05) is 31.3 Å². The van der Waals surface area contributed by atoms with Crippen molar-refractivity contribution in [3.05, 3.63) is 48.3 Å². The maximum atomic E-state index is 12.5. The number of carbonyl (C=O) groups is 2. The maximum absolute atomic E-state index is 12.5. The van der Waals surface area contributed by atoms with Gasteiger partial charge in [-0.05, 0) is 63.3 Å². The van der Waals surface area contributed by atoms with Gasteiger partial charge in [-0.3, -0.25) is 9.59 Å². The highest BCUT2D eigenvalue weighted by Crippen LogP contribution is 2.21. The first-order valence-corrected chi connectivity index (χ1v) is 8.39. The van der Waals surface area contributed by atoms with Crippen molar-refractivity contribution < 1.29 is 9.59 Å². The lowest BCUT2D eigenvalue weighted by Gasteiger charge is -2.18. The Labute approximate surface area is 148 Å². The summed E-state index contributed by atoms with van der Waals surface area (Å²) in [6.45, 7) is 4.22. The monoisotopic (exact) mass is 342 g/mol. The Hall–Kier alpha value is -2.60. The number of rotatable bonds is 7. The smallest absolute Gasteiger partial charge is 0.247 e. The number of nitrogens with one attached hydrogen (secondary N) is 2. The Morgan fingerprint density at radius 3 is 2.40 bits per heavy atom. The Balaban J connectivity index is 2.04. The van der Waals surface area contributed by atoms with Crippen LogP contribution in [0.1, 0.15) is 24.9 Å². The van der Waals surface area contributed by atoms with E-state index in [2.05, 4.69) is 10.6 Å². The lowest BCUT2D eigenvalue weighted by Crippen LogP contribution is -2.27. The van der Waals surface area contributed by atoms with E-state index < -0.39 is 0 Å². The van der Waals surface area contributed by atoms with Crippen LogP contribution < -0.4 is 10.6 Å². The number of hydrogen-bond acceptors (Lipinski definition) is 3.